The first-order valence-corrected chi connectivity index (χ1v) is 5.07. The predicted molar refractivity (Wildman–Crippen MR) is 65.4 cm³/mol. The molecular weight excluding hydrogens is 200 g/mol. The summed E-state index contributed by atoms with van der Waals surface area (Å²) in [6.07, 6.45) is 1.67. The predicted octanol–water partition coefficient (Wildman–Crippen LogP) is 2.65. The second-order valence-electron chi connectivity index (χ2n) is 3.63. The number of aromatic nitrogens is 1. The second kappa shape index (κ2) is 4.23. The molecule has 1 heterocycles. The maximum atomic E-state index is 5.74. The Hall–Kier alpha value is -2.03. The molecule has 0 fully saturated rings. The van der Waals surface area contributed by atoms with Gasteiger partial charge in [0.15, 0.2) is 0 Å². The lowest BCUT2D eigenvalue weighted by Gasteiger charge is -2.07. The number of hydrogen-bond donors (Lipinski definition) is 1. The van der Waals surface area contributed by atoms with E-state index in [1.807, 2.05) is 37.3 Å². The van der Waals surface area contributed by atoms with Gasteiger partial charge in [0.1, 0.15) is 5.75 Å². The van der Waals surface area contributed by atoms with Crippen molar-refractivity contribution < 1.29 is 4.74 Å². The van der Waals surface area contributed by atoms with Crippen LogP contribution in [-0.4, -0.2) is 12.1 Å². The number of rotatable bonds is 2. The Morgan fingerprint density at radius 1 is 1.25 bits per heavy atom. The van der Waals surface area contributed by atoms with E-state index in [4.69, 9.17) is 10.5 Å². The van der Waals surface area contributed by atoms with Crippen molar-refractivity contribution in [2.75, 3.05) is 12.8 Å². The number of ether oxygens (including phenoxy) is 1. The first kappa shape index (κ1) is 10.5. The van der Waals surface area contributed by atoms with Crippen LogP contribution < -0.4 is 10.5 Å². The van der Waals surface area contributed by atoms with Gasteiger partial charge in [-0.05, 0) is 30.7 Å². The van der Waals surface area contributed by atoms with Gasteiger partial charge in [0.25, 0.3) is 0 Å². The molecule has 82 valence electrons. The van der Waals surface area contributed by atoms with Crippen LogP contribution in [0.2, 0.25) is 0 Å². The van der Waals surface area contributed by atoms with E-state index in [1.165, 1.54) is 0 Å². The van der Waals surface area contributed by atoms with E-state index in [0.717, 1.165) is 22.6 Å². The molecular formula is C13H14N2O. The van der Waals surface area contributed by atoms with E-state index < -0.39 is 0 Å². The van der Waals surface area contributed by atoms with E-state index in [1.54, 1.807) is 13.3 Å². The second-order valence-corrected chi connectivity index (χ2v) is 3.63. The minimum Gasteiger partial charge on any atom is -0.497 e. The lowest BCUT2D eigenvalue weighted by molar-refractivity contribution is 0.415. The number of hydrogen-bond acceptors (Lipinski definition) is 3. The van der Waals surface area contributed by atoms with Crippen molar-refractivity contribution in [2.45, 2.75) is 6.92 Å². The van der Waals surface area contributed by atoms with Crippen LogP contribution in [0.15, 0.2) is 36.5 Å². The number of pyridine rings is 1. The van der Waals surface area contributed by atoms with Crippen LogP contribution in [-0.2, 0) is 0 Å². The van der Waals surface area contributed by atoms with E-state index in [2.05, 4.69) is 4.98 Å². The highest BCUT2D eigenvalue weighted by atomic mass is 16.5. The summed E-state index contributed by atoms with van der Waals surface area (Å²) >= 11 is 0. The quantitative estimate of drug-likeness (QED) is 0.836. The summed E-state index contributed by atoms with van der Waals surface area (Å²) in [6, 6.07) is 9.79. The summed E-state index contributed by atoms with van der Waals surface area (Å²) in [6.45, 7) is 1.97. The molecule has 0 radical (unpaired) electrons. The standard InChI is InChI=1S/C13H14N2O/c1-9-13(7-11(14)8-15-9)10-4-3-5-12(6-10)16-2/h3-8H,14H2,1-2H3. The Labute approximate surface area is 94.9 Å². The van der Waals surface area contributed by atoms with Crippen LogP contribution >= 0.6 is 0 Å². The SMILES string of the molecule is COc1cccc(-c2cc(N)cnc2C)c1. The molecule has 0 atom stereocenters. The first-order valence-electron chi connectivity index (χ1n) is 5.07. The minimum absolute atomic E-state index is 0.670. The van der Waals surface area contributed by atoms with Crippen LogP contribution in [0.3, 0.4) is 0 Å². The van der Waals surface area contributed by atoms with Gasteiger partial charge >= 0.3 is 0 Å². The van der Waals surface area contributed by atoms with Crippen LogP contribution in [0.5, 0.6) is 5.75 Å². The van der Waals surface area contributed by atoms with Gasteiger partial charge in [0, 0.05) is 11.3 Å². The maximum absolute atomic E-state index is 5.74. The number of nitrogen functional groups attached to an aromatic ring is 1. The first-order chi connectivity index (χ1) is 7.70. The summed E-state index contributed by atoms with van der Waals surface area (Å²) in [7, 11) is 1.66. The van der Waals surface area contributed by atoms with Crippen molar-refractivity contribution in [3.63, 3.8) is 0 Å². The fourth-order valence-electron chi connectivity index (χ4n) is 1.63. The van der Waals surface area contributed by atoms with Crippen molar-refractivity contribution in [2.24, 2.45) is 0 Å². The average molecular weight is 214 g/mol. The number of anilines is 1. The van der Waals surface area contributed by atoms with Gasteiger partial charge in [-0.2, -0.15) is 0 Å². The van der Waals surface area contributed by atoms with Crippen LogP contribution in [0, 0.1) is 6.92 Å². The normalized spacial score (nSPS) is 10.1. The third-order valence-electron chi connectivity index (χ3n) is 2.49. The molecule has 0 amide bonds. The Bertz CT molecular complexity index is 509. The van der Waals surface area contributed by atoms with E-state index in [9.17, 15) is 0 Å². The molecule has 3 heteroatoms. The topological polar surface area (TPSA) is 48.1 Å². The average Bonchev–Trinajstić information content (AvgIpc) is 2.32. The lowest BCUT2D eigenvalue weighted by Crippen LogP contribution is -1.92. The molecule has 0 saturated carbocycles. The van der Waals surface area contributed by atoms with Gasteiger partial charge in [0.2, 0.25) is 0 Å². The molecule has 1 aromatic heterocycles. The summed E-state index contributed by atoms with van der Waals surface area (Å²) in [4.78, 5) is 4.24. The molecule has 0 spiro atoms. The van der Waals surface area contributed by atoms with Gasteiger partial charge in [-0.3, -0.25) is 4.98 Å². The molecule has 0 aliphatic rings. The largest absolute Gasteiger partial charge is 0.497 e. The fourth-order valence-corrected chi connectivity index (χ4v) is 1.63. The van der Waals surface area contributed by atoms with Crippen LogP contribution in [0.1, 0.15) is 5.69 Å². The van der Waals surface area contributed by atoms with Gasteiger partial charge in [-0.25, -0.2) is 0 Å². The molecule has 0 bridgehead atoms. The number of nitrogens with zero attached hydrogens (tertiary/aromatic N) is 1. The van der Waals surface area contributed by atoms with Gasteiger partial charge in [0.05, 0.1) is 19.0 Å². The third-order valence-corrected chi connectivity index (χ3v) is 2.49. The number of methoxy groups -OCH3 is 1. The fraction of sp³-hybridized carbons (Fsp3) is 0.154. The van der Waals surface area contributed by atoms with Gasteiger partial charge in [-0.1, -0.05) is 12.1 Å². The molecule has 0 saturated heterocycles. The van der Waals surface area contributed by atoms with Gasteiger partial charge < -0.3 is 10.5 Å². The number of benzene rings is 1. The highest BCUT2D eigenvalue weighted by Gasteiger charge is 2.04. The van der Waals surface area contributed by atoms with Crippen molar-refractivity contribution in [1.82, 2.24) is 4.98 Å². The molecule has 0 aliphatic carbocycles. The van der Waals surface area contributed by atoms with E-state index in [0.29, 0.717) is 5.69 Å². The molecule has 16 heavy (non-hydrogen) atoms. The van der Waals surface area contributed by atoms with Crippen LogP contribution in [0.4, 0.5) is 5.69 Å². The summed E-state index contributed by atoms with van der Waals surface area (Å²) < 4.78 is 5.19. The summed E-state index contributed by atoms with van der Waals surface area (Å²) in [5.74, 6) is 0.833. The molecule has 3 nitrogen and oxygen atoms in total. The van der Waals surface area contributed by atoms with Crippen LogP contribution in [0.25, 0.3) is 11.1 Å². The zero-order valence-electron chi connectivity index (χ0n) is 9.40. The highest BCUT2D eigenvalue weighted by molar-refractivity contribution is 5.70. The Morgan fingerprint density at radius 2 is 2.06 bits per heavy atom. The molecule has 0 unspecified atom stereocenters. The third kappa shape index (κ3) is 1.98. The molecule has 1 aromatic carbocycles. The van der Waals surface area contributed by atoms with Crippen molar-refractivity contribution in [3.05, 3.63) is 42.2 Å². The molecule has 2 rings (SSSR count). The minimum atomic E-state index is 0.670. The number of nitrogens with two attached hydrogens (primary N) is 1. The van der Waals surface area contributed by atoms with Crippen molar-refractivity contribution >= 4 is 5.69 Å². The lowest BCUT2D eigenvalue weighted by atomic mass is 10.0. The van der Waals surface area contributed by atoms with E-state index >= 15 is 0 Å². The van der Waals surface area contributed by atoms with Gasteiger partial charge in [-0.15, -0.1) is 0 Å². The van der Waals surface area contributed by atoms with Crippen molar-refractivity contribution in [1.29, 1.82) is 0 Å². The highest BCUT2D eigenvalue weighted by Crippen LogP contribution is 2.26. The van der Waals surface area contributed by atoms with E-state index in [-0.39, 0.29) is 0 Å². The summed E-state index contributed by atoms with van der Waals surface area (Å²) in [5.41, 5.74) is 9.48. The maximum Gasteiger partial charge on any atom is 0.119 e. The smallest absolute Gasteiger partial charge is 0.119 e. The Morgan fingerprint density at radius 3 is 2.81 bits per heavy atom. The molecule has 2 N–H and O–H groups in total. The molecule has 0 aliphatic heterocycles. The molecule has 2 aromatic rings. The monoisotopic (exact) mass is 214 g/mol. The summed E-state index contributed by atoms with van der Waals surface area (Å²) in [5, 5.41) is 0. The zero-order chi connectivity index (χ0) is 11.5. The zero-order valence-corrected chi connectivity index (χ0v) is 9.40. The Balaban J connectivity index is 2.53. The number of aryl methyl sites for hydroxylation is 1. The Kier molecular flexibility index (Phi) is 2.77. The van der Waals surface area contributed by atoms with Crippen molar-refractivity contribution in [3.8, 4) is 16.9 Å².